The van der Waals surface area contributed by atoms with E-state index in [2.05, 4.69) is 5.32 Å². The molecular weight excluding hydrogens is 146 g/mol. The zero-order valence-electron chi connectivity index (χ0n) is 6.92. The molecule has 66 valence electrons. The Bertz CT molecular complexity index is 138. The van der Waals surface area contributed by atoms with Crippen LogP contribution in [0.4, 0.5) is 0 Å². The second kappa shape index (κ2) is 4.31. The molecule has 0 aliphatic carbocycles. The van der Waals surface area contributed by atoms with Gasteiger partial charge in [0.05, 0.1) is 6.61 Å². The van der Waals surface area contributed by atoms with E-state index < -0.39 is 11.5 Å². The molecule has 0 unspecified atom stereocenters. The van der Waals surface area contributed by atoms with E-state index in [0.717, 1.165) is 0 Å². The van der Waals surface area contributed by atoms with Gasteiger partial charge in [-0.15, -0.1) is 0 Å². The molecule has 0 aliphatic heterocycles. The Kier molecular flexibility index (Phi) is 4.07. The number of hydrogen-bond donors (Lipinski definition) is 3. The second-order valence-corrected chi connectivity index (χ2v) is 2.64. The van der Waals surface area contributed by atoms with Crippen molar-refractivity contribution in [3.05, 3.63) is 0 Å². The third-order valence-electron chi connectivity index (χ3n) is 1.81. The Balaban J connectivity index is 3.99. The van der Waals surface area contributed by atoms with Gasteiger partial charge in [-0.3, -0.25) is 10.1 Å². The lowest BCUT2D eigenvalue weighted by molar-refractivity contribution is -0.144. The molecule has 4 nitrogen and oxygen atoms in total. The fraction of sp³-hybridized carbons (Fsp3) is 0.857. The van der Waals surface area contributed by atoms with Gasteiger partial charge < -0.3 is 10.2 Å². The molecule has 0 bridgehead atoms. The number of hydrogen-bond acceptors (Lipinski definition) is 3. The van der Waals surface area contributed by atoms with E-state index >= 15 is 0 Å². The molecule has 0 aliphatic rings. The third-order valence-corrected chi connectivity index (χ3v) is 1.81. The van der Waals surface area contributed by atoms with Crippen LogP contribution in [0.1, 0.15) is 20.3 Å². The minimum Gasteiger partial charge on any atom is -0.480 e. The number of nitrogens with one attached hydrogen (secondary N) is 1. The van der Waals surface area contributed by atoms with Gasteiger partial charge >= 0.3 is 5.97 Å². The summed E-state index contributed by atoms with van der Waals surface area (Å²) in [5.41, 5.74) is -0.900. The van der Waals surface area contributed by atoms with Crippen LogP contribution >= 0.6 is 0 Å². The molecule has 11 heavy (non-hydrogen) atoms. The Morgan fingerprint density at radius 1 is 1.64 bits per heavy atom. The maximum Gasteiger partial charge on any atom is 0.323 e. The summed E-state index contributed by atoms with van der Waals surface area (Å²) in [7, 11) is 0. The smallest absolute Gasteiger partial charge is 0.323 e. The summed E-state index contributed by atoms with van der Waals surface area (Å²) in [6.45, 7) is 3.67. The van der Waals surface area contributed by atoms with Crippen molar-refractivity contribution < 1.29 is 15.0 Å². The van der Waals surface area contributed by atoms with Crippen LogP contribution in [0.3, 0.4) is 0 Å². The highest BCUT2D eigenvalue weighted by atomic mass is 16.4. The van der Waals surface area contributed by atoms with Crippen molar-refractivity contribution in [3.8, 4) is 0 Å². The van der Waals surface area contributed by atoms with Crippen LogP contribution in [0, 0.1) is 0 Å². The molecule has 0 radical (unpaired) electrons. The number of aliphatic hydroxyl groups is 1. The van der Waals surface area contributed by atoms with Gasteiger partial charge in [-0.25, -0.2) is 0 Å². The van der Waals surface area contributed by atoms with Crippen molar-refractivity contribution in [2.45, 2.75) is 25.8 Å². The lowest BCUT2D eigenvalue weighted by Gasteiger charge is -2.23. The Hall–Kier alpha value is -0.610. The van der Waals surface area contributed by atoms with Gasteiger partial charge in [0.2, 0.25) is 0 Å². The number of aliphatic carboxylic acids is 1. The lowest BCUT2D eigenvalue weighted by Crippen LogP contribution is -2.49. The van der Waals surface area contributed by atoms with E-state index in [0.29, 0.717) is 13.0 Å². The van der Waals surface area contributed by atoms with Crippen molar-refractivity contribution in [1.82, 2.24) is 5.32 Å². The van der Waals surface area contributed by atoms with Crippen molar-refractivity contribution >= 4 is 5.97 Å². The zero-order chi connectivity index (χ0) is 8.91. The summed E-state index contributed by atoms with van der Waals surface area (Å²) < 4.78 is 0. The second-order valence-electron chi connectivity index (χ2n) is 2.64. The number of carboxylic acid groups (broad SMARTS) is 1. The van der Waals surface area contributed by atoms with Gasteiger partial charge in [0.15, 0.2) is 0 Å². The molecule has 3 N–H and O–H groups in total. The molecule has 0 amide bonds. The number of rotatable bonds is 5. The molecule has 0 saturated carbocycles. The maximum atomic E-state index is 10.6. The van der Waals surface area contributed by atoms with Gasteiger partial charge in [0, 0.05) is 6.54 Å². The van der Waals surface area contributed by atoms with Crippen LogP contribution in [-0.4, -0.2) is 34.9 Å². The normalized spacial score (nSPS) is 15.9. The van der Waals surface area contributed by atoms with Crippen LogP contribution in [0.25, 0.3) is 0 Å². The van der Waals surface area contributed by atoms with Crippen molar-refractivity contribution in [1.29, 1.82) is 0 Å². The summed E-state index contributed by atoms with van der Waals surface area (Å²) in [4.78, 5) is 10.6. The van der Waals surface area contributed by atoms with E-state index in [9.17, 15) is 4.79 Å². The summed E-state index contributed by atoms with van der Waals surface area (Å²) in [5, 5.41) is 19.9. The Morgan fingerprint density at radius 3 is 2.45 bits per heavy atom. The highest BCUT2D eigenvalue weighted by Crippen LogP contribution is 2.07. The SMILES string of the molecule is CC[C@](C)(NCCO)C(=O)O. The zero-order valence-corrected chi connectivity index (χ0v) is 6.92. The monoisotopic (exact) mass is 161 g/mol. The van der Waals surface area contributed by atoms with Gasteiger partial charge in [-0.05, 0) is 13.3 Å². The van der Waals surface area contributed by atoms with E-state index in [-0.39, 0.29) is 6.61 Å². The third kappa shape index (κ3) is 2.86. The standard InChI is InChI=1S/C7H15NO3/c1-3-7(2,6(10)11)8-4-5-9/h8-9H,3-5H2,1-2H3,(H,10,11)/t7-/m0/s1. The average Bonchev–Trinajstić information content (AvgIpc) is 2.00. The predicted octanol–water partition coefficient (Wildman–Crippen LogP) is -0.178. The first-order valence-corrected chi connectivity index (χ1v) is 3.66. The molecular formula is C7H15NO3. The number of carbonyl (C=O) groups is 1. The highest BCUT2D eigenvalue weighted by molar-refractivity contribution is 5.78. The predicted molar refractivity (Wildman–Crippen MR) is 41.4 cm³/mol. The average molecular weight is 161 g/mol. The molecule has 0 saturated heterocycles. The highest BCUT2D eigenvalue weighted by Gasteiger charge is 2.29. The van der Waals surface area contributed by atoms with Crippen LogP contribution in [0.2, 0.25) is 0 Å². The molecule has 0 rings (SSSR count). The van der Waals surface area contributed by atoms with Crippen molar-refractivity contribution in [3.63, 3.8) is 0 Å². The topological polar surface area (TPSA) is 69.6 Å². The van der Waals surface area contributed by atoms with Crippen molar-refractivity contribution in [2.75, 3.05) is 13.2 Å². The van der Waals surface area contributed by atoms with E-state index in [4.69, 9.17) is 10.2 Å². The maximum absolute atomic E-state index is 10.6. The first-order chi connectivity index (χ1) is 5.06. The van der Waals surface area contributed by atoms with Crippen LogP contribution < -0.4 is 5.32 Å². The molecule has 0 spiro atoms. The van der Waals surface area contributed by atoms with Gasteiger partial charge in [-0.1, -0.05) is 6.92 Å². The van der Waals surface area contributed by atoms with Crippen LogP contribution in [0.5, 0.6) is 0 Å². The van der Waals surface area contributed by atoms with Gasteiger partial charge in [0.25, 0.3) is 0 Å². The van der Waals surface area contributed by atoms with E-state index in [1.54, 1.807) is 13.8 Å². The van der Waals surface area contributed by atoms with Gasteiger partial charge in [-0.2, -0.15) is 0 Å². The minimum atomic E-state index is -0.900. The molecule has 1 atom stereocenters. The molecule has 0 aromatic rings. The summed E-state index contributed by atoms with van der Waals surface area (Å²) in [6.07, 6.45) is 0.502. The number of aliphatic hydroxyl groups excluding tert-OH is 1. The van der Waals surface area contributed by atoms with Crippen LogP contribution in [-0.2, 0) is 4.79 Å². The summed E-state index contributed by atoms with van der Waals surface area (Å²) >= 11 is 0. The molecule has 0 aromatic carbocycles. The Labute approximate surface area is 66.2 Å². The largest absolute Gasteiger partial charge is 0.480 e. The lowest BCUT2D eigenvalue weighted by atomic mass is 9.99. The first kappa shape index (κ1) is 10.4. The fourth-order valence-corrected chi connectivity index (χ4v) is 0.684. The molecule has 4 heteroatoms. The first-order valence-electron chi connectivity index (χ1n) is 3.66. The molecule has 0 fully saturated rings. The minimum absolute atomic E-state index is 0.0388. The summed E-state index contributed by atoms with van der Waals surface area (Å²) in [6, 6.07) is 0. The summed E-state index contributed by atoms with van der Waals surface area (Å²) in [5.74, 6) is -0.881. The molecule has 0 aromatic heterocycles. The van der Waals surface area contributed by atoms with Crippen LogP contribution in [0.15, 0.2) is 0 Å². The molecule has 0 heterocycles. The van der Waals surface area contributed by atoms with Crippen molar-refractivity contribution in [2.24, 2.45) is 0 Å². The Morgan fingerprint density at radius 2 is 2.18 bits per heavy atom. The van der Waals surface area contributed by atoms with E-state index in [1.165, 1.54) is 0 Å². The number of β-amino-alcohol motifs (C(OH)–C–C–N with tert-alkyl or cyclic N) is 1. The van der Waals surface area contributed by atoms with E-state index in [1.807, 2.05) is 0 Å². The quantitative estimate of drug-likeness (QED) is 0.523. The number of carboxylic acids is 1. The van der Waals surface area contributed by atoms with Gasteiger partial charge in [0.1, 0.15) is 5.54 Å². The fourth-order valence-electron chi connectivity index (χ4n) is 0.684.